The first kappa shape index (κ1) is 18.8. The fraction of sp³-hybridized carbons (Fsp3) is 0.130. The summed E-state index contributed by atoms with van der Waals surface area (Å²) in [7, 11) is 1.53. The highest BCUT2D eigenvalue weighted by atomic mass is 19.1. The highest BCUT2D eigenvalue weighted by molar-refractivity contribution is 6.22. The Bertz CT molecular complexity index is 1110. The van der Waals surface area contributed by atoms with Gasteiger partial charge in [-0.15, -0.1) is 0 Å². The highest BCUT2D eigenvalue weighted by Gasteiger charge is 2.27. The molecule has 3 aromatic carbocycles. The van der Waals surface area contributed by atoms with Crippen LogP contribution in [-0.4, -0.2) is 32.0 Å². The third-order valence-electron chi connectivity index (χ3n) is 4.72. The number of rotatable bonds is 6. The second-order valence-electron chi connectivity index (χ2n) is 6.58. The number of hydrogen-bond donors (Lipinski definition) is 1. The minimum atomic E-state index is -0.585. The minimum Gasteiger partial charge on any atom is -0.488 e. The summed E-state index contributed by atoms with van der Waals surface area (Å²) < 4.78 is 24.3. The summed E-state index contributed by atoms with van der Waals surface area (Å²) in [6.45, 7) is 0.573. The normalized spacial score (nSPS) is 11.7. The first-order valence-electron chi connectivity index (χ1n) is 9.09. The number of carbonyl (C=O) groups excluding carboxylic acids is 2. The van der Waals surface area contributed by atoms with Gasteiger partial charge in [-0.05, 0) is 35.4 Å². The van der Waals surface area contributed by atoms with E-state index in [1.54, 1.807) is 30.3 Å². The second kappa shape index (κ2) is 7.85. The maximum Gasteiger partial charge on any atom is 0.255 e. The van der Waals surface area contributed by atoms with Crippen molar-refractivity contribution < 1.29 is 23.5 Å². The van der Waals surface area contributed by atoms with Gasteiger partial charge in [0.25, 0.3) is 5.91 Å². The number of halogens is 1. The van der Waals surface area contributed by atoms with Gasteiger partial charge in [0.1, 0.15) is 6.61 Å². The second-order valence-corrected chi connectivity index (χ2v) is 6.58. The molecule has 29 heavy (non-hydrogen) atoms. The van der Waals surface area contributed by atoms with E-state index in [1.807, 2.05) is 18.2 Å². The molecule has 0 aliphatic heterocycles. The molecule has 6 heteroatoms. The predicted molar refractivity (Wildman–Crippen MR) is 107 cm³/mol. The lowest BCUT2D eigenvalue weighted by molar-refractivity contribution is 0.102. The fourth-order valence-electron chi connectivity index (χ4n) is 3.30. The molecule has 0 heterocycles. The Morgan fingerprint density at radius 3 is 2.45 bits per heavy atom. The molecule has 3 aromatic rings. The maximum atomic E-state index is 14.2. The van der Waals surface area contributed by atoms with Gasteiger partial charge in [0.05, 0.1) is 6.61 Å². The number of amides is 1. The zero-order chi connectivity index (χ0) is 20.4. The number of fused-ring (bicyclic) bond motifs is 3. The predicted octanol–water partition coefficient (Wildman–Crippen LogP) is 4.31. The number of ether oxygens (including phenoxy) is 2. The molecule has 1 amide bonds. The van der Waals surface area contributed by atoms with Crippen LogP contribution in [0.5, 0.6) is 5.75 Å². The summed E-state index contributed by atoms with van der Waals surface area (Å²) in [6, 6.07) is 16.5. The van der Waals surface area contributed by atoms with Gasteiger partial charge in [-0.1, -0.05) is 30.3 Å². The molecule has 1 N–H and O–H groups in total. The fourth-order valence-corrected chi connectivity index (χ4v) is 3.30. The van der Waals surface area contributed by atoms with Gasteiger partial charge in [0, 0.05) is 35.6 Å². The summed E-state index contributed by atoms with van der Waals surface area (Å²) in [6.07, 6.45) is 0. The lowest BCUT2D eigenvalue weighted by Gasteiger charge is -2.10. The summed E-state index contributed by atoms with van der Waals surface area (Å²) >= 11 is 0. The average molecular weight is 391 g/mol. The molecule has 0 atom stereocenters. The van der Waals surface area contributed by atoms with Crippen LogP contribution in [0.2, 0.25) is 0 Å². The van der Waals surface area contributed by atoms with Crippen LogP contribution in [0.25, 0.3) is 11.1 Å². The van der Waals surface area contributed by atoms with Crippen molar-refractivity contribution in [3.63, 3.8) is 0 Å². The Morgan fingerprint density at radius 1 is 0.931 bits per heavy atom. The zero-order valence-electron chi connectivity index (χ0n) is 15.7. The lowest BCUT2D eigenvalue weighted by atomic mass is 10.0. The smallest absolute Gasteiger partial charge is 0.255 e. The monoisotopic (exact) mass is 391 g/mol. The molecule has 1 aliphatic carbocycles. The van der Waals surface area contributed by atoms with Crippen molar-refractivity contribution in [2.24, 2.45) is 0 Å². The van der Waals surface area contributed by atoms with Crippen LogP contribution < -0.4 is 10.1 Å². The molecule has 1 aliphatic rings. The largest absolute Gasteiger partial charge is 0.488 e. The quantitative estimate of drug-likeness (QED) is 0.498. The van der Waals surface area contributed by atoms with Crippen LogP contribution in [0.4, 0.5) is 10.1 Å². The first-order valence-corrected chi connectivity index (χ1v) is 9.09. The van der Waals surface area contributed by atoms with Crippen LogP contribution >= 0.6 is 0 Å². The van der Waals surface area contributed by atoms with Crippen molar-refractivity contribution in [1.29, 1.82) is 0 Å². The van der Waals surface area contributed by atoms with Gasteiger partial charge in [-0.3, -0.25) is 9.59 Å². The molecule has 0 saturated heterocycles. The maximum absolute atomic E-state index is 14.2. The molecule has 4 rings (SSSR count). The number of ketones is 1. The van der Waals surface area contributed by atoms with E-state index in [9.17, 15) is 14.0 Å². The third kappa shape index (κ3) is 3.62. The van der Waals surface area contributed by atoms with Gasteiger partial charge >= 0.3 is 0 Å². The molecule has 0 unspecified atom stereocenters. The van der Waals surface area contributed by atoms with E-state index in [4.69, 9.17) is 9.47 Å². The number of nitrogens with one attached hydrogen (secondary N) is 1. The molecule has 0 saturated carbocycles. The molecule has 146 valence electrons. The Hall–Kier alpha value is -3.51. The van der Waals surface area contributed by atoms with Crippen molar-refractivity contribution in [2.75, 3.05) is 25.6 Å². The standard InChI is InChI=1S/C23H18FNO4/c1-28-10-11-29-21-9-7-15(13-20(21)24)25-23(27)14-6-8-17-16-4-2-3-5-18(16)22(26)19(17)12-14/h2-9,12-13H,10-11H2,1H3,(H,25,27). The van der Waals surface area contributed by atoms with Gasteiger partial charge < -0.3 is 14.8 Å². The van der Waals surface area contributed by atoms with Gasteiger partial charge in [0.2, 0.25) is 0 Å². The van der Waals surface area contributed by atoms with Crippen molar-refractivity contribution in [3.8, 4) is 16.9 Å². The van der Waals surface area contributed by atoms with Crippen LogP contribution in [0.1, 0.15) is 26.3 Å². The van der Waals surface area contributed by atoms with Crippen molar-refractivity contribution in [1.82, 2.24) is 0 Å². The number of carbonyl (C=O) groups is 2. The van der Waals surface area contributed by atoms with Gasteiger partial charge in [-0.2, -0.15) is 0 Å². The van der Waals surface area contributed by atoms with Gasteiger partial charge in [0.15, 0.2) is 17.3 Å². The van der Waals surface area contributed by atoms with Crippen LogP contribution in [0, 0.1) is 5.82 Å². The summed E-state index contributed by atoms with van der Waals surface area (Å²) in [5.74, 6) is -1.03. The van der Waals surface area contributed by atoms with E-state index in [0.717, 1.165) is 11.1 Å². The number of benzene rings is 3. The Morgan fingerprint density at radius 2 is 1.69 bits per heavy atom. The molecule has 0 fully saturated rings. The number of hydrogen-bond acceptors (Lipinski definition) is 4. The number of anilines is 1. The Balaban J connectivity index is 1.52. The van der Waals surface area contributed by atoms with Crippen molar-refractivity contribution >= 4 is 17.4 Å². The Kier molecular flexibility index (Phi) is 5.10. The van der Waals surface area contributed by atoms with Crippen LogP contribution in [0.15, 0.2) is 60.7 Å². The van der Waals surface area contributed by atoms with E-state index in [1.165, 1.54) is 19.2 Å². The molecule has 0 spiro atoms. The van der Waals surface area contributed by atoms with E-state index >= 15 is 0 Å². The average Bonchev–Trinajstić information content (AvgIpc) is 3.02. The first-order chi connectivity index (χ1) is 14.1. The van der Waals surface area contributed by atoms with E-state index in [2.05, 4.69) is 5.32 Å². The molecule has 5 nitrogen and oxygen atoms in total. The highest BCUT2D eigenvalue weighted by Crippen LogP contribution is 2.36. The van der Waals surface area contributed by atoms with E-state index in [-0.39, 0.29) is 18.1 Å². The summed E-state index contributed by atoms with van der Waals surface area (Å²) in [4.78, 5) is 25.2. The molecular weight excluding hydrogens is 373 g/mol. The Labute approximate surface area is 167 Å². The topological polar surface area (TPSA) is 64.6 Å². The van der Waals surface area contributed by atoms with Crippen LogP contribution in [-0.2, 0) is 4.74 Å². The van der Waals surface area contributed by atoms with Crippen LogP contribution in [0.3, 0.4) is 0 Å². The van der Waals surface area contributed by atoms with E-state index < -0.39 is 11.7 Å². The zero-order valence-corrected chi connectivity index (χ0v) is 15.7. The van der Waals surface area contributed by atoms with Gasteiger partial charge in [-0.25, -0.2) is 4.39 Å². The third-order valence-corrected chi connectivity index (χ3v) is 4.72. The lowest BCUT2D eigenvalue weighted by Crippen LogP contribution is -2.13. The molecule has 0 radical (unpaired) electrons. The SMILES string of the molecule is COCCOc1ccc(NC(=O)c2ccc3c(c2)C(=O)c2ccccc2-3)cc1F. The van der Waals surface area contributed by atoms with Crippen molar-refractivity contribution in [2.45, 2.75) is 0 Å². The molecule has 0 bridgehead atoms. The molecular formula is C23H18FNO4. The number of methoxy groups -OCH3 is 1. The minimum absolute atomic E-state index is 0.0842. The summed E-state index contributed by atoms with van der Waals surface area (Å²) in [5.41, 5.74) is 3.42. The van der Waals surface area contributed by atoms with E-state index in [0.29, 0.717) is 29.0 Å². The summed E-state index contributed by atoms with van der Waals surface area (Å²) in [5, 5.41) is 2.65. The van der Waals surface area contributed by atoms with Crippen molar-refractivity contribution in [3.05, 3.63) is 83.2 Å². The molecule has 0 aromatic heterocycles.